The summed E-state index contributed by atoms with van der Waals surface area (Å²) in [6.45, 7) is 9.27. The molecule has 38 heavy (non-hydrogen) atoms. The number of nitrogens with zero attached hydrogens (tertiary/aromatic N) is 4. The Hall–Kier alpha value is -3.42. The van der Waals surface area contributed by atoms with Crippen LogP contribution in [0.5, 0.6) is 0 Å². The third-order valence-corrected chi connectivity index (χ3v) is 7.66. The van der Waals surface area contributed by atoms with Crippen LogP contribution in [0.1, 0.15) is 65.6 Å². The van der Waals surface area contributed by atoms with E-state index in [2.05, 4.69) is 18.9 Å². The van der Waals surface area contributed by atoms with Crippen molar-refractivity contribution in [3.8, 4) is 0 Å². The fourth-order valence-electron chi connectivity index (χ4n) is 4.88. The smallest absolute Gasteiger partial charge is 0.330 e. The van der Waals surface area contributed by atoms with Crippen LogP contribution < -0.4 is 11.4 Å². The van der Waals surface area contributed by atoms with Gasteiger partial charge in [0.25, 0.3) is 5.91 Å². The fourth-order valence-corrected chi connectivity index (χ4v) is 5.05. The SMILES string of the molecule is CCC(C)C(c1cc2c(Cl)c(C)nn2c(=O)n1Cc1ccccc1)N(CCCN)C(=O)c1ccc(C)cc1. The number of halogens is 1. The van der Waals surface area contributed by atoms with E-state index >= 15 is 0 Å². The summed E-state index contributed by atoms with van der Waals surface area (Å²) in [7, 11) is 0. The Labute approximate surface area is 228 Å². The minimum Gasteiger partial charge on any atom is -0.330 e. The predicted octanol–water partition coefficient (Wildman–Crippen LogP) is 5.39. The summed E-state index contributed by atoms with van der Waals surface area (Å²) in [5.41, 5.74) is 10.2. The zero-order valence-corrected chi connectivity index (χ0v) is 23.3. The van der Waals surface area contributed by atoms with Crippen molar-refractivity contribution in [2.75, 3.05) is 13.1 Å². The van der Waals surface area contributed by atoms with Crippen LogP contribution in [0.15, 0.2) is 65.5 Å². The predicted molar refractivity (Wildman–Crippen MR) is 153 cm³/mol. The number of hydrogen-bond donors (Lipinski definition) is 1. The largest absolute Gasteiger partial charge is 0.349 e. The summed E-state index contributed by atoms with van der Waals surface area (Å²) in [6.07, 6.45) is 1.45. The topological polar surface area (TPSA) is 85.6 Å². The van der Waals surface area contributed by atoms with Gasteiger partial charge >= 0.3 is 5.69 Å². The van der Waals surface area contributed by atoms with Gasteiger partial charge in [0.15, 0.2) is 0 Å². The highest BCUT2D eigenvalue weighted by Crippen LogP contribution is 2.34. The Morgan fingerprint density at radius 1 is 1.11 bits per heavy atom. The number of rotatable bonds is 10. The molecule has 0 aliphatic heterocycles. The van der Waals surface area contributed by atoms with Crippen LogP contribution in [0.25, 0.3) is 5.52 Å². The van der Waals surface area contributed by atoms with E-state index in [4.69, 9.17) is 17.3 Å². The van der Waals surface area contributed by atoms with E-state index in [1.54, 1.807) is 11.5 Å². The van der Waals surface area contributed by atoms with E-state index in [0.29, 0.717) is 47.9 Å². The number of aromatic nitrogens is 3. The first-order valence-corrected chi connectivity index (χ1v) is 13.5. The Morgan fingerprint density at radius 2 is 1.79 bits per heavy atom. The molecule has 2 atom stereocenters. The van der Waals surface area contributed by atoms with Crippen molar-refractivity contribution in [2.24, 2.45) is 11.7 Å². The van der Waals surface area contributed by atoms with Gasteiger partial charge in [-0.3, -0.25) is 9.36 Å². The zero-order valence-electron chi connectivity index (χ0n) is 22.5. The summed E-state index contributed by atoms with van der Waals surface area (Å²) in [5, 5.41) is 4.86. The minimum absolute atomic E-state index is 0.0499. The second-order valence-electron chi connectivity index (χ2n) is 9.96. The van der Waals surface area contributed by atoms with Crippen LogP contribution in [0.4, 0.5) is 0 Å². The molecule has 2 aromatic heterocycles. The van der Waals surface area contributed by atoms with Gasteiger partial charge in [0.2, 0.25) is 0 Å². The summed E-state index contributed by atoms with van der Waals surface area (Å²) in [6, 6.07) is 19.0. The molecule has 0 aliphatic rings. The third-order valence-electron chi connectivity index (χ3n) is 7.20. The number of amides is 1. The van der Waals surface area contributed by atoms with Crippen molar-refractivity contribution in [3.63, 3.8) is 0 Å². The Morgan fingerprint density at radius 3 is 2.42 bits per heavy atom. The molecule has 8 heteroatoms. The molecule has 4 aromatic rings. The van der Waals surface area contributed by atoms with E-state index in [1.807, 2.05) is 72.5 Å². The van der Waals surface area contributed by atoms with Gasteiger partial charge in [0.05, 0.1) is 28.8 Å². The van der Waals surface area contributed by atoms with Crippen molar-refractivity contribution in [3.05, 3.63) is 104 Å². The molecule has 2 aromatic carbocycles. The normalized spacial score (nSPS) is 13.0. The van der Waals surface area contributed by atoms with Gasteiger partial charge in [-0.1, -0.05) is 79.9 Å². The van der Waals surface area contributed by atoms with E-state index < -0.39 is 0 Å². The van der Waals surface area contributed by atoms with Crippen molar-refractivity contribution < 1.29 is 4.79 Å². The van der Waals surface area contributed by atoms with Crippen molar-refractivity contribution in [1.82, 2.24) is 19.1 Å². The van der Waals surface area contributed by atoms with Crippen LogP contribution in [-0.2, 0) is 6.54 Å². The van der Waals surface area contributed by atoms with Crippen molar-refractivity contribution >= 4 is 23.0 Å². The molecule has 0 spiro atoms. The molecular formula is C30H36ClN5O2. The molecular weight excluding hydrogens is 498 g/mol. The Bertz CT molecular complexity index is 1460. The maximum atomic E-state index is 14.0. The first kappa shape index (κ1) is 27.6. The number of fused-ring (bicyclic) bond motifs is 1. The van der Waals surface area contributed by atoms with E-state index in [-0.39, 0.29) is 23.6 Å². The number of carbonyl (C=O) groups is 1. The standard InChI is InChI=1S/C30H36ClN5O2/c1-5-21(3)28(34(17-9-16-32)29(37)24-14-12-20(2)13-15-24)26-18-25-27(31)22(4)33-36(25)30(38)35(26)19-23-10-7-6-8-11-23/h6-8,10-15,18,21,28H,5,9,16-17,19,32H2,1-4H3. The molecule has 0 fully saturated rings. The Balaban J connectivity index is 1.96. The highest BCUT2D eigenvalue weighted by Gasteiger charge is 2.33. The fraction of sp³-hybridized carbons (Fsp3) is 0.367. The molecule has 0 saturated carbocycles. The lowest BCUT2D eigenvalue weighted by molar-refractivity contribution is 0.0594. The van der Waals surface area contributed by atoms with Gasteiger partial charge in [-0.15, -0.1) is 0 Å². The van der Waals surface area contributed by atoms with E-state index in [9.17, 15) is 9.59 Å². The van der Waals surface area contributed by atoms with Gasteiger partial charge in [-0.2, -0.15) is 9.61 Å². The van der Waals surface area contributed by atoms with Gasteiger partial charge in [-0.05, 0) is 56.5 Å². The van der Waals surface area contributed by atoms with E-state index in [1.165, 1.54) is 4.52 Å². The molecule has 200 valence electrons. The number of aryl methyl sites for hydroxylation is 2. The minimum atomic E-state index is -0.381. The molecule has 1 amide bonds. The van der Waals surface area contributed by atoms with Crippen LogP contribution in [0, 0.1) is 19.8 Å². The lowest BCUT2D eigenvalue weighted by Crippen LogP contribution is -2.43. The number of carbonyl (C=O) groups excluding carboxylic acids is 1. The maximum Gasteiger partial charge on any atom is 0.349 e. The molecule has 2 heterocycles. The average molecular weight is 534 g/mol. The lowest BCUT2D eigenvalue weighted by Gasteiger charge is -2.37. The molecule has 0 saturated heterocycles. The average Bonchev–Trinajstić information content (AvgIpc) is 3.22. The number of nitrogens with two attached hydrogens (primary N) is 1. The van der Waals surface area contributed by atoms with Gasteiger partial charge in [0.1, 0.15) is 0 Å². The van der Waals surface area contributed by atoms with Crippen LogP contribution in [0.3, 0.4) is 0 Å². The quantitative estimate of drug-likeness (QED) is 0.296. The van der Waals surface area contributed by atoms with Crippen molar-refractivity contribution in [2.45, 2.75) is 53.1 Å². The molecule has 2 N–H and O–H groups in total. The second kappa shape index (κ2) is 12.0. The van der Waals surface area contributed by atoms with Crippen LogP contribution >= 0.6 is 11.6 Å². The molecule has 0 bridgehead atoms. The monoisotopic (exact) mass is 533 g/mol. The van der Waals surface area contributed by atoms with Gasteiger partial charge in [-0.25, -0.2) is 4.79 Å². The van der Waals surface area contributed by atoms with E-state index in [0.717, 1.165) is 23.2 Å². The highest BCUT2D eigenvalue weighted by atomic mass is 35.5. The molecule has 0 radical (unpaired) electrons. The number of hydrogen-bond acceptors (Lipinski definition) is 4. The first-order chi connectivity index (χ1) is 18.3. The third kappa shape index (κ3) is 5.54. The first-order valence-electron chi connectivity index (χ1n) is 13.2. The maximum absolute atomic E-state index is 14.0. The summed E-state index contributed by atoms with van der Waals surface area (Å²) in [5.74, 6) is -0.0352. The van der Waals surface area contributed by atoms with Gasteiger partial charge in [0, 0.05) is 17.8 Å². The summed E-state index contributed by atoms with van der Waals surface area (Å²) >= 11 is 6.62. The summed E-state index contributed by atoms with van der Waals surface area (Å²) in [4.78, 5) is 29.9. The Kier molecular flexibility index (Phi) is 8.69. The highest BCUT2D eigenvalue weighted by molar-refractivity contribution is 6.34. The molecule has 2 unspecified atom stereocenters. The zero-order chi connectivity index (χ0) is 27.4. The lowest BCUT2D eigenvalue weighted by atomic mass is 9.92. The number of benzene rings is 2. The molecule has 7 nitrogen and oxygen atoms in total. The molecule has 0 aliphatic carbocycles. The van der Waals surface area contributed by atoms with Crippen LogP contribution in [-0.4, -0.2) is 38.1 Å². The van der Waals surface area contributed by atoms with Crippen LogP contribution in [0.2, 0.25) is 5.02 Å². The van der Waals surface area contributed by atoms with Gasteiger partial charge < -0.3 is 10.6 Å². The molecule has 4 rings (SSSR count). The second-order valence-corrected chi connectivity index (χ2v) is 10.3. The summed E-state index contributed by atoms with van der Waals surface area (Å²) < 4.78 is 3.10. The van der Waals surface area contributed by atoms with Crippen molar-refractivity contribution in [1.29, 1.82) is 0 Å².